The van der Waals surface area contributed by atoms with Gasteiger partial charge in [-0.25, -0.2) is 0 Å². The van der Waals surface area contributed by atoms with Crippen LogP contribution in [0.1, 0.15) is 48.0 Å². The average Bonchev–Trinajstić information content (AvgIpc) is 2.80. The van der Waals surface area contributed by atoms with Crippen LogP contribution in [0.3, 0.4) is 0 Å². The molecule has 37 heavy (non-hydrogen) atoms. The van der Waals surface area contributed by atoms with Crippen molar-refractivity contribution in [1.82, 2.24) is 0 Å². The van der Waals surface area contributed by atoms with Crippen LogP contribution in [0.15, 0.2) is 11.8 Å². The number of hydrogen-bond donors (Lipinski definition) is 0. The Bertz CT molecular complexity index is 887. The Kier molecular flexibility index (Phi) is 14.3. The van der Waals surface area contributed by atoms with Gasteiger partial charge >= 0.3 is 23.9 Å². The van der Waals surface area contributed by atoms with E-state index < -0.39 is 61.2 Å². The van der Waals surface area contributed by atoms with Gasteiger partial charge in [0, 0.05) is 45.4 Å². The molecule has 0 N–H and O–H groups in total. The monoisotopic (exact) mass is 564 g/mol. The number of ketones is 1. The summed E-state index contributed by atoms with van der Waals surface area (Å²) < 4.78 is 32.3. The van der Waals surface area contributed by atoms with Gasteiger partial charge in [0.1, 0.15) is 12.7 Å². The molecule has 1 rings (SSSR count). The van der Waals surface area contributed by atoms with Crippen LogP contribution in [-0.4, -0.2) is 82.9 Å². The number of carbonyl (C=O) groups excluding carboxylic acids is 6. The fourth-order valence-corrected chi connectivity index (χ4v) is 4.75. The summed E-state index contributed by atoms with van der Waals surface area (Å²) in [7, 11) is 0. The third kappa shape index (κ3) is 11.6. The van der Waals surface area contributed by atoms with Crippen LogP contribution in [0, 0.1) is 0 Å². The molecule has 0 aromatic rings. The van der Waals surface area contributed by atoms with Crippen molar-refractivity contribution in [2.45, 2.75) is 78.7 Å². The van der Waals surface area contributed by atoms with Crippen molar-refractivity contribution in [3.63, 3.8) is 0 Å². The molecule has 208 valence electrons. The first kappa shape index (κ1) is 32.4. The van der Waals surface area contributed by atoms with E-state index in [4.69, 9.17) is 28.4 Å². The van der Waals surface area contributed by atoms with Crippen molar-refractivity contribution in [3.05, 3.63) is 11.8 Å². The molecule has 1 fully saturated rings. The summed E-state index contributed by atoms with van der Waals surface area (Å²) in [6, 6.07) is 0. The molecule has 1 heterocycles. The number of esters is 4. The van der Waals surface area contributed by atoms with E-state index in [-0.39, 0.29) is 28.0 Å². The first-order chi connectivity index (χ1) is 17.4. The molecule has 0 unspecified atom stereocenters. The lowest BCUT2D eigenvalue weighted by atomic mass is 9.98. The number of carbonyl (C=O) groups is 6. The van der Waals surface area contributed by atoms with Crippen molar-refractivity contribution >= 4 is 57.6 Å². The van der Waals surface area contributed by atoms with Gasteiger partial charge in [0.2, 0.25) is 16.8 Å². The minimum absolute atomic E-state index is 0.0176. The summed E-state index contributed by atoms with van der Waals surface area (Å²) in [5.41, 5.74) is 0.158. The zero-order valence-electron chi connectivity index (χ0n) is 21.5. The molecule has 0 aromatic heterocycles. The maximum Gasteiger partial charge on any atom is 0.303 e. The summed E-state index contributed by atoms with van der Waals surface area (Å²) >= 11 is 2.02. The van der Waals surface area contributed by atoms with Gasteiger partial charge in [-0.05, 0) is 5.75 Å². The fourth-order valence-electron chi connectivity index (χ4n) is 3.15. The van der Waals surface area contributed by atoms with E-state index in [1.165, 1.54) is 0 Å². The maximum absolute atomic E-state index is 12.4. The smallest absolute Gasteiger partial charge is 0.303 e. The second kappa shape index (κ2) is 16.3. The van der Waals surface area contributed by atoms with Gasteiger partial charge in [0.25, 0.3) is 0 Å². The number of thioether (sulfide) groups is 2. The van der Waals surface area contributed by atoms with E-state index in [1.807, 2.05) is 6.92 Å². The number of hydrogen-bond acceptors (Lipinski definition) is 14. The van der Waals surface area contributed by atoms with Crippen molar-refractivity contribution in [1.29, 1.82) is 0 Å². The molecule has 0 radical (unpaired) electrons. The molecule has 12 nitrogen and oxygen atoms in total. The van der Waals surface area contributed by atoms with Gasteiger partial charge in [-0.3, -0.25) is 28.8 Å². The van der Waals surface area contributed by atoms with Crippen molar-refractivity contribution in [2.24, 2.45) is 0 Å². The largest absolute Gasteiger partial charge is 0.468 e. The molecule has 1 aliphatic rings. The van der Waals surface area contributed by atoms with Crippen molar-refractivity contribution in [2.75, 3.05) is 18.1 Å². The number of Topliss-reactive ketones (excluding diaryl/α,β-unsaturated/α-hetero) is 1. The highest BCUT2D eigenvalue weighted by molar-refractivity contribution is 8.38. The van der Waals surface area contributed by atoms with Crippen LogP contribution in [0.2, 0.25) is 0 Å². The lowest BCUT2D eigenvalue weighted by Gasteiger charge is -2.43. The summed E-state index contributed by atoms with van der Waals surface area (Å²) in [5.74, 6) is -2.69. The molecular formula is C23H32O12S2. The highest BCUT2D eigenvalue weighted by Gasteiger charge is 2.53. The first-order valence-electron chi connectivity index (χ1n) is 11.4. The van der Waals surface area contributed by atoms with E-state index in [9.17, 15) is 28.8 Å². The molecule has 0 saturated carbocycles. The van der Waals surface area contributed by atoms with Gasteiger partial charge in [-0.2, -0.15) is 0 Å². The third-order valence-electron chi connectivity index (χ3n) is 4.58. The molecular weight excluding hydrogens is 532 g/mol. The van der Waals surface area contributed by atoms with Crippen LogP contribution in [0.4, 0.5) is 4.79 Å². The molecule has 5 atom stereocenters. The van der Waals surface area contributed by atoms with E-state index in [2.05, 4.69) is 0 Å². The van der Waals surface area contributed by atoms with Gasteiger partial charge in [0.15, 0.2) is 18.0 Å². The van der Waals surface area contributed by atoms with E-state index in [1.54, 1.807) is 6.92 Å². The van der Waals surface area contributed by atoms with Gasteiger partial charge in [-0.15, -0.1) is 0 Å². The van der Waals surface area contributed by atoms with E-state index in [0.717, 1.165) is 57.5 Å². The van der Waals surface area contributed by atoms with Crippen LogP contribution >= 0.6 is 23.5 Å². The van der Waals surface area contributed by atoms with Crippen LogP contribution in [0.25, 0.3) is 0 Å². The SMILES string of the molecule is CCSC(=O)SC/C(=C/O[C@@H]1O[C@H](COC(C)=O)[C@@H](OC(C)=O)[C@H](OC(C)=O)[C@H]1OC(C)=O)C(=O)CC. The predicted octanol–water partition coefficient (Wildman–Crippen LogP) is 2.56. The Morgan fingerprint density at radius 2 is 1.35 bits per heavy atom. The molecule has 0 bridgehead atoms. The molecule has 1 saturated heterocycles. The highest BCUT2D eigenvalue weighted by Crippen LogP contribution is 2.30. The normalized spacial score (nSPS) is 23.4. The average molecular weight is 565 g/mol. The Morgan fingerprint density at radius 3 is 1.86 bits per heavy atom. The Balaban J connectivity index is 3.39. The Labute approximate surface area is 223 Å². The fraction of sp³-hybridized carbons (Fsp3) is 0.652. The summed E-state index contributed by atoms with van der Waals surface area (Å²) in [6.07, 6.45) is -5.60. The molecule has 0 spiro atoms. The van der Waals surface area contributed by atoms with Crippen LogP contribution in [-0.2, 0) is 52.4 Å². The molecule has 0 aliphatic carbocycles. The second-order valence-corrected chi connectivity index (χ2v) is 10.0. The lowest BCUT2D eigenvalue weighted by Crippen LogP contribution is -2.62. The summed E-state index contributed by atoms with van der Waals surface area (Å²) in [4.78, 5) is 71.3. The summed E-state index contributed by atoms with van der Waals surface area (Å²) in [5, 5.41) is 0. The van der Waals surface area contributed by atoms with Crippen LogP contribution < -0.4 is 0 Å². The van der Waals surface area contributed by atoms with Gasteiger partial charge in [0.05, 0.1) is 6.26 Å². The van der Waals surface area contributed by atoms with Gasteiger partial charge in [-0.1, -0.05) is 37.4 Å². The molecule has 14 heteroatoms. The molecule has 0 aromatic carbocycles. The zero-order valence-corrected chi connectivity index (χ0v) is 23.1. The minimum atomic E-state index is -1.47. The van der Waals surface area contributed by atoms with Crippen molar-refractivity contribution in [3.8, 4) is 0 Å². The van der Waals surface area contributed by atoms with E-state index in [0.29, 0.717) is 5.75 Å². The zero-order chi connectivity index (χ0) is 28.1. The minimum Gasteiger partial charge on any atom is -0.468 e. The third-order valence-corrected chi connectivity index (χ3v) is 6.50. The molecule has 1 aliphatic heterocycles. The molecule has 0 amide bonds. The number of ether oxygens (including phenoxy) is 6. The van der Waals surface area contributed by atoms with Crippen LogP contribution in [0.5, 0.6) is 0 Å². The standard InChI is InChI=1S/C23H32O12S2/c1-7-17(28)16(11-37-23(29)36-8-2)9-31-22-21(34-15(6)27)20(33-14(5)26)19(32-13(4)25)18(35-22)10-30-12(3)24/h9,18-22H,7-8,10-11H2,1-6H3/b16-9-/t18-,19-,20+,21-,22-/m1/s1. The highest BCUT2D eigenvalue weighted by atomic mass is 32.2. The second-order valence-electron chi connectivity index (χ2n) is 7.60. The van der Waals surface area contributed by atoms with E-state index >= 15 is 0 Å². The quantitative estimate of drug-likeness (QED) is 0.147. The predicted molar refractivity (Wildman–Crippen MR) is 132 cm³/mol. The van der Waals surface area contributed by atoms with Crippen molar-refractivity contribution < 1.29 is 57.2 Å². The summed E-state index contributed by atoms with van der Waals surface area (Å²) in [6.45, 7) is 7.51. The Morgan fingerprint density at radius 1 is 0.784 bits per heavy atom. The first-order valence-corrected chi connectivity index (χ1v) is 13.3. The van der Waals surface area contributed by atoms with Gasteiger partial charge < -0.3 is 28.4 Å². The maximum atomic E-state index is 12.4. The topological polar surface area (TPSA) is 158 Å². The number of rotatable bonds is 12. The lowest BCUT2D eigenvalue weighted by molar-refractivity contribution is -0.297. The Hall–Kier alpha value is -2.58.